The summed E-state index contributed by atoms with van der Waals surface area (Å²) in [5.41, 5.74) is 3.66. The lowest BCUT2D eigenvalue weighted by atomic mass is 10.1. The number of anilines is 1. The number of pyridine rings is 1. The molecule has 0 amide bonds. The van der Waals surface area contributed by atoms with Crippen LogP contribution >= 0.6 is 22.5 Å². The van der Waals surface area contributed by atoms with Gasteiger partial charge in [0, 0.05) is 43.9 Å². The van der Waals surface area contributed by atoms with Gasteiger partial charge in [0.2, 0.25) is 11.6 Å². The summed E-state index contributed by atoms with van der Waals surface area (Å²) in [6.45, 7) is 2.27. The van der Waals surface area contributed by atoms with Gasteiger partial charge < -0.3 is 9.38 Å². The molecule has 0 fully saturated rings. The van der Waals surface area contributed by atoms with Crippen molar-refractivity contribution in [2.24, 2.45) is 0 Å². The molecule has 1 heterocycles. The van der Waals surface area contributed by atoms with Gasteiger partial charge in [-0.3, -0.25) is 0 Å². The number of aromatic nitrogens is 1. The molecular weight excluding hydrogens is 358 g/mol. The highest BCUT2D eigenvalue weighted by atomic mass is 33.1. The average Bonchev–Trinajstić information content (AvgIpc) is 2.60. The van der Waals surface area contributed by atoms with Crippen LogP contribution in [-0.2, 0) is 5.88 Å². The molecule has 0 radical (unpaired) electrons. The Morgan fingerprint density at radius 1 is 1.08 bits per heavy atom. The third-order valence-electron chi connectivity index (χ3n) is 4.28. The van der Waals surface area contributed by atoms with E-state index in [1.807, 2.05) is 6.07 Å². The Hall–Kier alpha value is -1.43. The summed E-state index contributed by atoms with van der Waals surface area (Å²) >= 11 is 4.25. The Morgan fingerprint density at radius 3 is 2.46 bits per heavy atom. The number of quaternary nitrogens is 1. The lowest BCUT2D eigenvalue weighted by molar-refractivity contribution is -0.870. The summed E-state index contributed by atoms with van der Waals surface area (Å²) in [4.78, 5) is 2.33. The molecule has 2 rings (SSSR count). The first kappa shape index (κ1) is 20.9. The molecule has 1 aromatic heterocycles. The van der Waals surface area contributed by atoms with Gasteiger partial charge in [-0.25, -0.2) is 0 Å². The molecule has 26 heavy (non-hydrogen) atoms. The number of thiol groups is 1. The van der Waals surface area contributed by atoms with Crippen LogP contribution < -0.4 is 9.47 Å². The molecule has 3 nitrogen and oxygen atoms in total. The number of rotatable bonds is 9. The SMILES string of the molecule is CN(CCC[N+](C)(C)C)c1ccc(/C=C/c2cccc[n+]2CSS)cc1. The van der Waals surface area contributed by atoms with Gasteiger partial charge in [-0.1, -0.05) is 12.1 Å². The molecule has 2 aromatic rings. The van der Waals surface area contributed by atoms with Crippen molar-refractivity contribution in [3.8, 4) is 0 Å². The number of hydrogen-bond acceptors (Lipinski definition) is 3. The maximum Gasteiger partial charge on any atom is 0.205 e. The molecule has 0 unspecified atom stereocenters. The third-order valence-corrected chi connectivity index (χ3v) is 5.02. The van der Waals surface area contributed by atoms with Crippen molar-refractivity contribution in [3.63, 3.8) is 0 Å². The molecule has 0 atom stereocenters. The molecule has 0 saturated carbocycles. The van der Waals surface area contributed by atoms with Gasteiger partial charge in [0.05, 0.1) is 27.7 Å². The fourth-order valence-electron chi connectivity index (χ4n) is 2.75. The van der Waals surface area contributed by atoms with Gasteiger partial charge in [-0.05, 0) is 40.6 Å². The number of benzene rings is 1. The van der Waals surface area contributed by atoms with Crippen molar-refractivity contribution in [1.82, 2.24) is 0 Å². The molecule has 5 heteroatoms. The summed E-state index contributed by atoms with van der Waals surface area (Å²) in [5.74, 6) is 0.834. The van der Waals surface area contributed by atoms with E-state index in [1.165, 1.54) is 40.7 Å². The second-order valence-corrected chi connectivity index (χ2v) is 8.86. The van der Waals surface area contributed by atoms with Gasteiger partial charge in [0.15, 0.2) is 6.20 Å². The highest BCUT2D eigenvalue weighted by Crippen LogP contribution is 2.16. The molecular formula is C21H31N3S2+2. The van der Waals surface area contributed by atoms with Gasteiger partial charge in [0.1, 0.15) is 0 Å². The van der Waals surface area contributed by atoms with Crippen molar-refractivity contribution in [2.45, 2.75) is 12.3 Å². The molecule has 0 aliphatic heterocycles. The predicted octanol–water partition coefficient (Wildman–Crippen LogP) is 4.21. The molecule has 0 aliphatic rings. The van der Waals surface area contributed by atoms with Crippen LogP contribution in [0.4, 0.5) is 5.69 Å². The van der Waals surface area contributed by atoms with Crippen molar-refractivity contribution in [2.75, 3.05) is 46.2 Å². The Kier molecular flexibility index (Phi) is 8.07. The minimum Gasteiger partial charge on any atom is -0.374 e. The van der Waals surface area contributed by atoms with E-state index in [2.05, 4.69) is 104 Å². The Bertz CT molecular complexity index is 706. The number of nitrogens with zero attached hydrogens (tertiary/aromatic N) is 3. The number of hydrogen-bond donors (Lipinski definition) is 1. The van der Waals surface area contributed by atoms with Crippen LogP contribution in [0.2, 0.25) is 0 Å². The Morgan fingerprint density at radius 2 is 1.81 bits per heavy atom. The van der Waals surface area contributed by atoms with Crippen LogP contribution in [0.3, 0.4) is 0 Å². The molecule has 0 saturated heterocycles. The van der Waals surface area contributed by atoms with Crippen molar-refractivity contribution < 1.29 is 9.05 Å². The van der Waals surface area contributed by atoms with Crippen LogP contribution in [0.15, 0.2) is 48.7 Å². The molecule has 0 aliphatic carbocycles. The fourth-order valence-corrected chi connectivity index (χ4v) is 3.49. The lowest BCUT2D eigenvalue weighted by Crippen LogP contribution is -2.37. The summed E-state index contributed by atoms with van der Waals surface area (Å²) in [6.07, 6.45) is 7.59. The second-order valence-electron chi connectivity index (χ2n) is 7.57. The summed E-state index contributed by atoms with van der Waals surface area (Å²) in [6, 6.07) is 15.0. The first-order chi connectivity index (χ1) is 12.4. The summed E-state index contributed by atoms with van der Waals surface area (Å²) in [7, 11) is 10.4. The fraction of sp³-hybridized carbons (Fsp3) is 0.381. The van der Waals surface area contributed by atoms with E-state index in [0.29, 0.717) is 0 Å². The quantitative estimate of drug-likeness (QED) is 0.297. The minimum atomic E-state index is 0.834. The average molecular weight is 390 g/mol. The standard InChI is InChI=1S/C21H30N3S2/c1-22(15-7-17-24(2,3)4)20-12-9-19(10-13-20)11-14-21-8-5-6-16-23(21)18-26-25/h5-6,8-14,16H,7,15,17-18H2,1-4H3/q+1/p+1. The van der Waals surface area contributed by atoms with Crippen LogP contribution in [-0.4, -0.2) is 45.8 Å². The van der Waals surface area contributed by atoms with Crippen molar-refractivity contribution in [3.05, 3.63) is 59.9 Å². The monoisotopic (exact) mass is 389 g/mol. The molecule has 1 aromatic carbocycles. The smallest absolute Gasteiger partial charge is 0.205 e. The predicted molar refractivity (Wildman–Crippen MR) is 119 cm³/mol. The maximum atomic E-state index is 4.25. The normalized spacial score (nSPS) is 11.9. The summed E-state index contributed by atoms with van der Waals surface area (Å²) in [5, 5.41) is 0. The second kappa shape index (κ2) is 10.0. The lowest BCUT2D eigenvalue weighted by Gasteiger charge is -2.26. The van der Waals surface area contributed by atoms with Crippen molar-refractivity contribution in [1.29, 1.82) is 0 Å². The zero-order chi connectivity index (χ0) is 19.0. The summed E-state index contributed by atoms with van der Waals surface area (Å²) < 4.78 is 3.20. The zero-order valence-corrected chi connectivity index (χ0v) is 18.0. The molecule has 0 spiro atoms. The minimum absolute atomic E-state index is 0.834. The highest BCUT2D eigenvalue weighted by Gasteiger charge is 2.08. The topological polar surface area (TPSA) is 7.12 Å². The van der Waals surface area contributed by atoms with E-state index >= 15 is 0 Å². The van der Waals surface area contributed by atoms with E-state index < -0.39 is 0 Å². The van der Waals surface area contributed by atoms with Gasteiger partial charge >= 0.3 is 0 Å². The Balaban J connectivity index is 1.97. The van der Waals surface area contributed by atoms with Crippen molar-refractivity contribution >= 4 is 40.3 Å². The van der Waals surface area contributed by atoms with Crippen LogP contribution in [0.25, 0.3) is 12.2 Å². The first-order valence-corrected chi connectivity index (χ1v) is 11.0. The Labute approximate surface area is 167 Å². The van der Waals surface area contributed by atoms with E-state index in [-0.39, 0.29) is 0 Å². The van der Waals surface area contributed by atoms with Crippen LogP contribution in [0, 0.1) is 0 Å². The first-order valence-electron chi connectivity index (χ1n) is 8.93. The molecule has 0 bridgehead atoms. The highest BCUT2D eigenvalue weighted by molar-refractivity contribution is 8.68. The third kappa shape index (κ3) is 7.06. The zero-order valence-electron chi connectivity index (χ0n) is 16.3. The maximum absolute atomic E-state index is 4.25. The van der Waals surface area contributed by atoms with E-state index in [9.17, 15) is 0 Å². The van der Waals surface area contributed by atoms with Crippen LogP contribution in [0.1, 0.15) is 17.7 Å². The van der Waals surface area contributed by atoms with E-state index in [1.54, 1.807) is 0 Å². The van der Waals surface area contributed by atoms with Gasteiger partial charge in [-0.2, -0.15) is 4.57 Å². The van der Waals surface area contributed by atoms with Crippen LogP contribution in [0.5, 0.6) is 0 Å². The molecule has 140 valence electrons. The van der Waals surface area contributed by atoms with Gasteiger partial charge in [0.25, 0.3) is 0 Å². The van der Waals surface area contributed by atoms with E-state index in [0.717, 1.165) is 16.9 Å². The largest absolute Gasteiger partial charge is 0.374 e. The van der Waals surface area contributed by atoms with Gasteiger partial charge in [-0.15, -0.1) is 11.7 Å². The molecule has 0 N–H and O–H groups in total. The van der Waals surface area contributed by atoms with E-state index in [4.69, 9.17) is 0 Å².